The van der Waals surface area contributed by atoms with Crippen LogP contribution in [0.5, 0.6) is 0 Å². The Labute approximate surface area is 123 Å². The van der Waals surface area contributed by atoms with E-state index < -0.39 is 0 Å². The molecule has 0 aliphatic heterocycles. The molecule has 2 aromatic rings. The number of carbonyl (C=O) groups excluding carboxylic acids is 1. The lowest BCUT2D eigenvalue weighted by Gasteiger charge is -2.29. The van der Waals surface area contributed by atoms with Gasteiger partial charge in [-0.1, -0.05) is 18.9 Å². The van der Waals surface area contributed by atoms with E-state index in [0.29, 0.717) is 19.0 Å². The summed E-state index contributed by atoms with van der Waals surface area (Å²) in [6.07, 6.45) is 6.19. The van der Waals surface area contributed by atoms with Crippen LogP contribution >= 0.6 is 0 Å². The molecule has 1 saturated carbocycles. The lowest BCUT2D eigenvalue weighted by molar-refractivity contribution is -0.127. The number of hydrogen-bond donors (Lipinski definition) is 2. The molecular formula is C15H21N5O. The molecule has 6 nitrogen and oxygen atoms in total. The molecule has 0 spiro atoms. The smallest absolute Gasteiger partial charge is 0.223 e. The third kappa shape index (κ3) is 2.90. The van der Waals surface area contributed by atoms with E-state index in [2.05, 4.69) is 15.5 Å². The largest absolute Gasteiger partial charge is 0.349 e. The summed E-state index contributed by atoms with van der Waals surface area (Å²) in [7, 11) is 0. The number of rotatable bonds is 4. The maximum absolute atomic E-state index is 12.4. The van der Waals surface area contributed by atoms with Gasteiger partial charge in [-0.25, -0.2) is 0 Å². The zero-order chi connectivity index (χ0) is 14.7. The molecule has 0 saturated heterocycles. The van der Waals surface area contributed by atoms with Crippen LogP contribution in [0.25, 0.3) is 5.65 Å². The first kappa shape index (κ1) is 14.0. The van der Waals surface area contributed by atoms with Gasteiger partial charge < -0.3 is 11.1 Å². The second kappa shape index (κ2) is 6.22. The van der Waals surface area contributed by atoms with Gasteiger partial charge in [0, 0.05) is 12.1 Å². The van der Waals surface area contributed by atoms with Crippen molar-refractivity contribution >= 4 is 11.6 Å². The molecule has 2 atom stereocenters. The molecule has 6 heteroatoms. The minimum Gasteiger partial charge on any atom is -0.349 e. The van der Waals surface area contributed by atoms with Gasteiger partial charge in [0.15, 0.2) is 11.5 Å². The molecule has 3 rings (SSSR count). The van der Waals surface area contributed by atoms with Crippen LogP contribution < -0.4 is 11.1 Å². The van der Waals surface area contributed by atoms with Crippen molar-refractivity contribution in [3.63, 3.8) is 0 Å². The zero-order valence-corrected chi connectivity index (χ0v) is 12.0. The lowest BCUT2D eigenvalue weighted by atomic mass is 9.79. The number of nitrogens with zero attached hydrogens (tertiary/aromatic N) is 3. The van der Waals surface area contributed by atoms with Crippen molar-refractivity contribution in [3.05, 3.63) is 30.2 Å². The highest BCUT2D eigenvalue weighted by atomic mass is 16.1. The van der Waals surface area contributed by atoms with E-state index in [9.17, 15) is 4.79 Å². The maximum atomic E-state index is 12.4. The number of amides is 1. The van der Waals surface area contributed by atoms with Gasteiger partial charge in [0.25, 0.3) is 0 Å². The summed E-state index contributed by atoms with van der Waals surface area (Å²) in [4.78, 5) is 12.4. The lowest BCUT2D eigenvalue weighted by Crippen LogP contribution is -2.39. The fourth-order valence-electron chi connectivity index (χ4n) is 3.14. The SMILES string of the molecule is NCC1CCCCC1C(=O)NCc1nnc2ccccn12. The molecule has 0 radical (unpaired) electrons. The Morgan fingerprint density at radius 3 is 3.05 bits per heavy atom. The van der Waals surface area contributed by atoms with Crippen LogP contribution in [0.2, 0.25) is 0 Å². The number of aromatic nitrogens is 3. The standard InChI is InChI=1S/C15H21N5O/c16-9-11-5-1-2-6-12(11)15(21)17-10-14-19-18-13-7-3-4-8-20(13)14/h3-4,7-8,11-12H,1-2,5-6,9-10,16H2,(H,17,21). The van der Waals surface area contributed by atoms with E-state index in [1.807, 2.05) is 28.8 Å². The van der Waals surface area contributed by atoms with Crippen LogP contribution in [0.3, 0.4) is 0 Å². The second-order valence-corrected chi connectivity index (χ2v) is 5.65. The quantitative estimate of drug-likeness (QED) is 0.882. The van der Waals surface area contributed by atoms with Crippen LogP contribution in [-0.4, -0.2) is 27.0 Å². The van der Waals surface area contributed by atoms with Crippen LogP contribution in [0.15, 0.2) is 24.4 Å². The molecule has 2 heterocycles. The van der Waals surface area contributed by atoms with Gasteiger partial charge in [-0.2, -0.15) is 0 Å². The van der Waals surface area contributed by atoms with E-state index in [1.165, 1.54) is 6.42 Å². The molecule has 1 aliphatic rings. The van der Waals surface area contributed by atoms with E-state index >= 15 is 0 Å². The Morgan fingerprint density at radius 2 is 2.19 bits per heavy atom. The molecule has 2 unspecified atom stereocenters. The van der Waals surface area contributed by atoms with Gasteiger partial charge >= 0.3 is 0 Å². The fraction of sp³-hybridized carbons (Fsp3) is 0.533. The van der Waals surface area contributed by atoms with Crippen molar-refractivity contribution in [3.8, 4) is 0 Å². The molecular weight excluding hydrogens is 266 g/mol. The van der Waals surface area contributed by atoms with Crippen LogP contribution in [0.1, 0.15) is 31.5 Å². The van der Waals surface area contributed by atoms with Crippen LogP contribution in [0, 0.1) is 11.8 Å². The molecule has 1 amide bonds. The van der Waals surface area contributed by atoms with Gasteiger partial charge in [0.2, 0.25) is 5.91 Å². The fourth-order valence-corrected chi connectivity index (χ4v) is 3.14. The van der Waals surface area contributed by atoms with E-state index in [0.717, 1.165) is 30.7 Å². The first-order chi connectivity index (χ1) is 10.3. The Balaban J connectivity index is 1.65. The maximum Gasteiger partial charge on any atom is 0.223 e. The molecule has 3 N–H and O–H groups in total. The molecule has 1 aliphatic carbocycles. The normalized spacial score (nSPS) is 22.3. The summed E-state index contributed by atoms with van der Waals surface area (Å²) < 4.78 is 1.89. The summed E-state index contributed by atoms with van der Waals surface area (Å²) in [6.45, 7) is 0.990. The zero-order valence-electron chi connectivity index (χ0n) is 12.0. The van der Waals surface area contributed by atoms with Crippen molar-refractivity contribution in [1.29, 1.82) is 0 Å². The molecule has 2 aromatic heterocycles. The summed E-state index contributed by atoms with van der Waals surface area (Å²) in [5, 5.41) is 11.2. The van der Waals surface area contributed by atoms with Gasteiger partial charge in [-0.3, -0.25) is 9.20 Å². The van der Waals surface area contributed by atoms with Crippen molar-refractivity contribution in [1.82, 2.24) is 19.9 Å². The predicted octanol–water partition coefficient (Wildman–Crippen LogP) is 1.11. The minimum absolute atomic E-state index is 0.0444. The van der Waals surface area contributed by atoms with Gasteiger partial charge in [-0.05, 0) is 37.4 Å². The third-order valence-corrected chi connectivity index (χ3v) is 4.35. The Hall–Kier alpha value is -1.95. The van der Waals surface area contributed by atoms with E-state index in [4.69, 9.17) is 5.73 Å². The highest BCUT2D eigenvalue weighted by Gasteiger charge is 2.29. The van der Waals surface area contributed by atoms with E-state index in [1.54, 1.807) is 0 Å². The van der Waals surface area contributed by atoms with Gasteiger partial charge in [0.1, 0.15) is 0 Å². The van der Waals surface area contributed by atoms with Crippen LogP contribution in [0.4, 0.5) is 0 Å². The predicted molar refractivity (Wildman–Crippen MR) is 79.3 cm³/mol. The average Bonchev–Trinajstić information content (AvgIpc) is 2.96. The van der Waals surface area contributed by atoms with Crippen molar-refractivity contribution < 1.29 is 4.79 Å². The number of hydrogen-bond acceptors (Lipinski definition) is 4. The molecule has 0 bridgehead atoms. The highest BCUT2D eigenvalue weighted by Crippen LogP contribution is 2.29. The number of nitrogens with two attached hydrogens (primary N) is 1. The number of fused-ring (bicyclic) bond motifs is 1. The van der Waals surface area contributed by atoms with Crippen molar-refractivity contribution in [2.24, 2.45) is 17.6 Å². The average molecular weight is 287 g/mol. The van der Waals surface area contributed by atoms with E-state index in [-0.39, 0.29) is 11.8 Å². The third-order valence-electron chi connectivity index (χ3n) is 4.35. The first-order valence-corrected chi connectivity index (χ1v) is 7.56. The van der Waals surface area contributed by atoms with Crippen molar-refractivity contribution in [2.75, 3.05) is 6.54 Å². The first-order valence-electron chi connectivity index (χ1n) is 7.56. The second-order valence-electron chi connectivity index (χ2n) is 5.65. The Bertz CT molecular complexity index is 623. The Morgan fingerprint density at radius 1 is 1.33 bits per heavy atom. The van der Waals surface area contributed by atoms with Gasteiger partial charge in [0.05, 0.1) is 6.54 Å². The number of nitrogens with one attached hydrogen (secondary N) is 1. The molecule has 0 aromatic carbocycles. The monoisotopic (exact) mass is 287 g/mol. The molecule has 112 valence electrons. The number of pyridine rings is 1. The summed E-state index contributed by atoms with van der Waals surface area (Å²) in [5.41, 5.74) is 6.58. The topological polar surface area (TPSA) is 85.3 Å². The van der Waals surface area contributed by atoms with Gasteiger partial charge in [-0.15, -0.1) is 10.2 Å². The number of carbonyl (C=O) groups is 1. The molecule has 21 heavy (non-hydrogen) atoms. The minimum atomic E-state index is 0.0444. The molecule has 1 fully saturated rings. The summed E-state index contributed by atoms with van der Waals surface area (Å²) in [6, 6.07) is 5.73. The summed E-state index contributed by atoms with van der Waals surface area (Å²) >= 11 is 0. The van der Waals surface area contributed by atoms with Crippen molar-refractivity contribution in [2.45, 2.75) is 32.2 Å². The Kier molecular flexibility index (Phi) is 4.15. The highest BCUT2D eigenvalue weighted by molar-refractivity contribution is 5.79. The van der Waals surface area contributed by atoms with Crippen LogP contribution in [-0.2, 0) is 11.3 Å². The summed E-state index contributed by atoms with van der Waals surface area (Å²) in [5.74, 6) is 1.20.